The summed E-state index contributed by atoms with van der Waals surface area (Å²) in [6.45, 7) is 2.59. The monoisotopic (exact) mass is 313 g/mol. The van der Waals surface area contributed by atoms with E-state index in [4.69, 9.17) is 4.74 Å². The minimum absolute atomic E-state index is 0.00335. The Kier molecular flexibility index (Phi) is 5.24. The molecule has 1 aromatic carbocycles. The van der Waals surface area contributed by atoms with Crippen LogP contribution in [0.4, 0.5) is 0 Å². The molecule has 2 rings (SSSR count). The van der Waals surface area contributed by atoms with Crippen LogP contribution in [0.5, 0.6) is 5.75 Å². The van der Waals surface area contributed by atoms with Crippen molar-refractivity contribution in [1.29, 1.82) is 0 Å². The number of sulfone groups is 1. The molecule has 6 heteroatoms. The van der Waals surface area contributed by atoms with Crippen LogP contribution in [0, 0.1) is 6.92 Å². The van der Waals surface area contributed by atoms with Crippen molar-refractivity contribution in [3.8, 4) is 5.75 Å². The third-order valence-electron chi connectivity index (χ3n) is 3.76. The molecule has 0 spiro atoms. The maximum absolute atomic E-state index is 11.5. The van der Waals surface area contributed by atoms with Gasteiger partial charge in [0.15, 0.2) is 9.84 Å². The second-order valence-corrected chi connectivity index (χ2v) is 8.01. The lowest BCUT2D eigenvalue weighted by Crippen LogP contribution is -2.40. The minimum Gasteiger partial charge on any atom is -0.491 e. The summed E-state index contributed by atoms with van der Waals surface area (Å²) in [5.74, 6) is 1.17. The summed E-state index contributed by atoms with van der Waals surface area (Å²) < 4.78 is 28.5. The smallest absolute Gasteiger partial charge is 0.151 e. The lowest BCUT2D eigenvalue weighted by molar-refractivity contribution is 0.0664. The normalized spacial score (nSPS) is 22.4. The lowest BCUT2D eigenvalue weighted by atomic mass is 10.2. The molecule has 0 aliphatic carbocycles. The van der Waals surface area contributed by atoms with Gasteiger partial charge in [-0.15, -0.1) is 0 Å². The Hall–Kier alpha value is -1.11. The molecular formula is C15H23NO4S. The summed E-state index contributed by atoms with van der Waals surface area (Å²) in [5.41, 5.74) is 1.11. The van der Waals surface area contributed by atoms with E-state index in [0.717, 1.165) is 11.3 Å². The SMILES string of the molecule is Cc1cccc(OCC(O)CN(C)C2CCS(=O)(=O)C2)c1. The fourth-order valence-corrected chi connectivity index (χ4v) is 4.36. The summed E-state index contributed by atoms with van der Waals surface area (Å²) >= 11 is 0. The number of hydrogen-bond acceptors (Lipinski definition) is 5. The van der Waals surface area contributed by atoms with Crippen LogP contribution < -0.4 is 4.74 Å². The molecule has 1 heterocycles. The van der Waals surface area contributed by atoms with E-state index in [1.54, 1.807) is 0 Å². The molecule has 1 aliphatic heterocycles. The average molecular weight is 313 g/mol. The van der Waals surface area contributed by atoms with Gasteiger partial charge >= 0.3 is 0 Å². The first-order valence-corrected chi connectivity index (χ1v) is 8.96. The first-order chi connectivity index (χ1) is 9.85. The number of benzene rings is 1. The third-order valence-corrected chi connectivity index (χ3v) is 5.51. The van der Waals surface area contributed by atoms with Crippen molar-refractivity contribution in [2.75, 3.05) is 31.7 Å². The minimum atomic E-state index is -2.89. The molecule has 118 valence electrons. The van der Waals surface area contributed by atoms with Gasteiger partial charge < -0.3 is 9.84 Å². The Balaban J connectivity index is 1.78. The van der Waals surface area contributed by atoms with Crippen molar-refractivity contribution in [3.63, 3.8) is 0 Å². The van der Waals surface area contributed by atoms with Crippen molar-refractivity contribution < 1.29 is 18.3 Å². The molecule has 1 aliphatic rings. The van der Waals surface area contributed by atoms with E-state index >= 15 is 0 Å². The van der Waals surface area contributed by atoms with E-state index in [-0.39, 0.29) is 24.2 Å². The van der Waals surface area contributed by atoms with Gasteiger partial charge in [-0.2, -0.15) is 0 Å². The number of likely N-dealkylation sites (N-methyl/N-ethyl adjacent to an activating group) is 1. The zero-order valence-electron chi connectivity index (χ0n) is 12.5. The van der Waals surface area contributed by atoms with E-state index in [1.165, 1.54) is 0 Å². The van der Waals surface area contributed by atoms with Crippen molar-refractivity contribution in [2.45, 2.75) is 25.5 Å². The fourth-order valence-electron chi connectivity index (χ4n) is 2.55. The maximum Gasteiger partial charge on any atom is 0.151 e. The standard InChI is InChI=1S/C15H23NO4S/c1-12-4-3-5-15(8-12)20-10-14(17)9-16(2)13-6-7-21(18,19)11-13/h3-5,8,13-14,17H,6-7,9-11H2,1-2H3. The van der Waals surface area contributed by atoms with Gasteiger partial charge in [-0.1, -0.05) is 12.1 Å². The summed E-state index contributed by atoms with van der Waals surface area (Å²) in [6.07, 6.45) is 0.00316. The number of rotatable bonds is 6. The largest absolute Gasteiger partial charge is 0.491 e. The molecule has 1 N–H and O–H groups in total. The molecule has 1 fully saturated rings. The van der Waals surface area contributed by atoms with Crippen LogP contribution in [0.1, 0.15) is 12.0 Å². The second kappa shape index (κ2) is 6.77. The van der Waals surface area contributed by atoms with Gasteiger partial charge in [0, 0.05) is 12.6 Å². The molecule has 0 amide bonds. The predicted octanol–water partition coefficient (Wildman–Crippen LogP) is 0.854. The Bertz CT molecular complexity index is 573. The molecule has 5 nitrogen and oxygen atoms in total. The number of nitrogens with zero attached hydrogens (tertiary/aromatic N) is 1. The highest BCUT2D eigenvalue weighted by Crippen LogP contribution is 2.17. The highest BCUT2D eigenvalue weighted by Gasteiger charge is 2.31. The van der Waals surface area contributed by atoms with E-state index < -0.39 is 15.9 Å². The van der Waals surface area contributed by atoms with Gasteiger partial charge in [0.1, 0.15) is 18.5 Å². The number of aliphatic hydroxyl groups is 1. The summed E-state index contributed by atoms with van der Waals surface area (Å²) in [5, 5.41) is 10.0. The summed E-state index contributed by atoms with van der Waals surface area (Å²) in [4.78, 5) is 1.91. The van der Waals surface area contributed by atoms with Crippen molar-refractivity contribution in [1.82, 2.24) is 4.90 Å². The molecule has 0 saturated carbocycles. The van der Waals surface area contributed by atoms with Crippen LogP contribution in [-0.4, -0.2) is 62.3 Å². The first kappa shape index (κ1) is 16.3. The predicted molar refractivity (Wildman–Crippen MR) is 82.4 cm³/mol. The van der Waals surface area contributed by atoms with Crippen LogP contribution >= 0.6 is 0 Å². The zero-order valence-corrected chi connectivity index (χ0v) is 13.3. The number of ether oxygens (including phenoxy) is 1. The molecule has 21 heavy (non-hydrogen) atoms. The number of hydrogen-bond donors (Lipinski definition) is 1. The van der Waals surface area contributed by atoms with Gasteiger partial charge in [-0.05, 0) is 38.1 Å². The number of aliphatic hydroxyl groups excluding tert-OH is 1. The van der Waals surface area contributed by atoms with Crippen molar-refractivity contribution >= 4 is 9.84 Å². The van der Waals surface area contributed by atoms with Crippen LogP contribution in [0.25, 0.3) is 0 Å². The summed E-state index contributed by atoms with van der Waals surface area (Å²) in [6, 6.07) is 7.67. The Morgan fingerprint density at radius 1 is 1.48 bits per heavy atom. The van der Waals surface area contributed by atoms with Crippen LogP contribution in [-0.2, 0) is 9.84 Å². The van der Waals surface area contributed by atoms with Gasteiger partial charge in [-0.25, -0.2) is 8.42 Å². The van der Waals surface area contributed by atoms with Gasteiger partial charge in [-0.3, -0.25) is 4.90 Å². The molecule has 0 aromatic heterocycles. The molecule has 0 radical (unpaired) electrons. The van der Waals surface area contributed by atoms with Crippen molar-refractivity contribution in [2.24, 2.45) is 0 Å². The Morgan fingerprint density at radius 3 is 2.86 bits per heavy atom. The first-order valence-electron chi connectivity index (χ1n) is 7.14. The quantitative estimate of drug-likeness (QED) is 0.843. The van der Waals surface area contributed by atoms with Crippen molar-refractivity contribution in [3.05, 3.63) is 29.8 Å². The topological polar surface area (TPSA) is 66.8 Å². The Labute approximate surface area is 126 Å². The maximum atomic E-state index is 11.5. The highest BCUT2D eigenvalue weighted by atomic mass is 32.2. The molecule has 0 bridgehead atoms. The zero-order chi connectivity index (χ0) is 15.5. The average Bonchev–Trinajstić information content (AvgIpc) is 2.77. The van der Waals surface area contributed by atoms with E-state index in [1.807, 2.05) is 43.1 Å². The Morgan fingerprint density at radius 2 is 2.24 bits per heavy atom. The van der Waals surface area contributed by atoms with Gasteiger partial charge in [0.05, 0.1) is 11.5 Å². The van der Waals surface area contributed by atoms with Gasteiger partial charge in [0.25, 0.3) is 0 Å². The molecular weight excluding hydrogens is 290 g/mol. The molecule has 1 aromatic rings. The van der Waals surface area contributed by atoms with E-state index in [9.17, 15) is 13.5 Å². The van der Waals surface area contributed by atoms with E-state index in [0.29, 0.717) is 13.0 Å². The van der Waals surface area contributed by atoms with Crippen LogP contribution in [0.15, 0.2) is 24.3 Å². The molecule has 1 saturated heterocycles. The molecule has 2 atom stereocenters. The van der Waals surface area contributed by atoms with Gasteiger partial charge in [0.2, 0.25) is 0 Å². The highest BCUT2D eigenvalue weighted by molar-refractivity contribution is 7.91. The van der Waals surface area contributed by atoms with E-state index in [2.05, 4.69) is 0 Å². The number of aryl methyl sites for hydroxylation is 1. The van der Waals surface area contributed by atoms with Crippen LogP contribution in [0.2, 0.25) is 0 Å². The summed E-state index contributed by atoms with van der Waals surface area (Å²) in [7, 11) is -1.04. The fraction of sp³-hybridized carbons (Fsp3) is 0.600. The van der Waals surface area contributed by atoms with Crippen LogP contribution in [0.3, 0.4) is 0 Å². The lowest BCUT2D eigenvalue weighted by Gasteiger charge is -2.25. The molecule has 2 unspecified atom stereocenters. The second-order valence-electron chi connectivity index (χ2n) is 5.78. The third kappa shape index (κ3) is 4.98.